The van der Waals surface area contributed by atoms with Crippen LogP contribution >= 0.6 is 11.3 Å². The van der Waals surface area contributed by atoms with Crippen LogP contribution < -0.4 is 11.3 Å². The van der Waals surface area contributed by atoms with E-state index in [1.165, 1.54) is 17.8 Å². The highest BCUT2D eigenvalue weighted by atomic mass is 32.1. The van der Waals surface area contributed by atoms with Crippen molar-refractivity contribution < 1.29 is 4.79 Å². The van der Waals surface area contributed by atoms with E-state index in [4.69, 9.17) is 5.84 Å². The number of nitrogens with zero attached hydrogens (tertiary/aromatic N) is 2. The largest absolute Gasteiger partial charge is 0.305 e. The maximum absolute atomic E-state index is 11.6. The molecule has 1 aromatic heterocycles. The number of carbonyl (C=O) groups excluding carboxylic acids is 1. The average Bonchev–Trinajstić information content (AvgIpc) is 2.97. The topological polar surface area (TPSA) is 61.6 Å². The number of hydrogen-bond acceptors (Lipinski definition) is 5. The number of hydrazine groups is 1. The molecule has 0 radical (unpaired) electrons. The first-order valence-electron chi connectivity index (χ1n) is 6.08. The number of nitrogen functional groups attached to an aromatic ring is 1. The van der Waals surface area contributed by atoms with E-state index in [9.17, 15) is 4.79 Å². The molecule has 1 saturated heterocycles. The van der Waals surface area contributed by atoms with Crippen LogP contribution in [0.2, 0.25) is 0 Å². The second kappa shape index (κ2) is 5.79. The minimum absolute atomic E-state index is 0.191. The second-order valence-corrected chi connectivity index (χ2v) is 5.81. The van der Waals surface area contributed by atoms with Crippen molar-refractivity contribution in [2.75, 3.05) is 27.2 Å². The van der Waals surface area contributed by atoms with Crippen LogP contribution in [0.15, 0.2) is 11.4 Å². The van der Waals surface area contributed by atoms with E-state index in [1.807, 2.05) is 11.4 Å². The molecule has 3 N–H and O–H groups in total. The molecule has 1 unspecified atom stereocenters. The van der Waals surface area contributed by atoms with Crippen molar-refractivity contribution in [2.45, 2.75) is 19.0 Å². The molecule has 0 bridgehead atoms. The second-order valence-electron chi connectivity index (χ2n) is 4.89. The monoisotopic (exact) mass is 268 g/mol. The summed E-state index contributed by atoms with van der Waals surface area (Å²) in [7, 11) is 4.23. The van der Waals surface area contributed by atoms with Gasteiger partial charge in [0.1, 0.15) is 0 Å². The average molecular weight is 268 g/mol. The lowest BCUT2D eigenvalue weighted by Gasteiger charge is -2.20. The Morgan fingerprint density at radius 2 is 2.44 bits per heavy atom. The highest BCUT2D eigenvalue weighted by Crippen LogP contribution is 2.21. The zero-order chi connectivity index (χ0) is 13.1. The minimum Gasteiger partial charge on any atom is -0.305 e. The Labute approximate surface area is 112 Å². The lowest BCUT2D eigenvalue weighted by atomic mass is 10.2. The van der Waals surface area contributed by atoms with Crippen molar-refractivity contribution in [1.82, 2.24) is 15.2 Å². The minimum atomic E-state index is -0.191. The molecule has 0 aromatic carbocycles. The molecule has 18 heavy (non-hydrogen) atoms. The Balaban J connectivity index is 1.99. The van der Waals surface area contributed by atoms with Gasteiger partial charge in [-0.05, 0) is 37.5 Å². The number of carbonyl (C=O) groups is 1. The van der Waals surface area contributed by atoms with Gasteiger partial charge in [-0.3, -0.25) is 15.1 Å². The van der Waals surface area contributed by atoms with Gasteiger partial charge in [0.2, 0.25) is 0 Å². The van der Waals surface area contributed by atoms with Crippen molar-refractivity contribution in [1.29, 1.82) is 0 Å². The van der Waals surface area contributed by atoms with Crippen LogP contribution in [0, 0.1) is 0 Å². The summed E-state index contributed by atoms with van der Waals surface area (Å²) in [5.41, 5.74) is 3.28. The van der Waals surface area contributed by atoms with E-state index in [-0.39, 0.29) is 5.91 Å². The molecular weight excluding hydrogens is 248 g/mol. The van der Waals surface area contributed by atoms with E-state index < -0.39 is 0 Å². The molecule has 1 aromatic rings. The predicted octanol–water partition coefficient (Wildman–Crippen LogP) is 0.488. The predicted molar refractivity (Wildman–Crippen MR) is 73.3 cm³/mol. The maximum atomic E-state index is 11.6. The first kappa shape index (κ1) is 13.5. The Kier molecular flexibility index (Phi) is 4.34. The summed E-state index contributed by atoms with van der Waals surface area (Å²) in [6, 6.07) is 2.63. The molecule has 1 atom stereocenters. The number of nitrogens with one attached hydrogen (secondary N) is 1. The van der Waals surface area contributed by atoms with Gasteiger partial charge in [0.15, 0.2) is 0 Å². The third-order valence-electron chi connectivity index (χ3n) is 3.46. The van der Waals surface area contributed by atoms with E-state index in [0.717, 1.165) is 30.1 Å². The zero-order valence-electron chi connectivity index (χ0n) is 10.8. The molecule has 0 spiro atoms. The molecule has 1 fully saturated rings. The van der Waals surface area contributed by atoms with Crippen LogP contribution in [0.3, 0.4) is 0 Å². The fourth-order valence-electron chi connectivity index (χ4n) is 2.34. The molecule has 100 valence electrons. The number of nitrogens with two attached hydrogens (primary N) is 1. The van der Waals surface area contributed by atoms with Crippen LogP contribution in [0.1, 0.15) is 21.7 Å². The Morgan fingerprint density at radius 1 is 1.67 bits per heavy atom. The summed E-state index contributed by atoms with van der Waals surface area (Å²) in [5.74, 6) is 5.00. The summed E-state index contributed by atoms with van der Waals surface area (Å²) >= 11 is 1.44. The van der Waals surface area contributed by atoms with E-state index in [2.05, 4.69) is 29.3 Å². The van der Waals surface area contributed by atoms with Gasteiger partial charge in [0.05, 0.1) is 4.88 Å². The maximum Gasteiger partial charge on any atom is 0.275 e. The molecule has 2 rings (SSSR count). The molecule has 1 aliphatic heterocycles. The fraction of sp³-hybridized carbons (Fsp3) is 0.583. The summed E-state index contributed by atoms with van der Waals surface area (Å²) in [6.07, 6.45) is 1.19. The molecule has 0 aliphatic carbocycles. The summed E-state index contributed by atoms with van der Waals surface area (Å²) in [4.78, 5) is 17.0. The van der Waals surface area contributed by atoms with Gasteiger partial charge in [-0.1, -0.05) is 0 Å². The standard InChI is InChI=1S/C12H20N4OS/c1-15(2)10-3-5-16(8-10)7-9-4-6-18-11(9)12(17)14-13/h4,6,10H,3,5,7-8,13H2,1-2H3,(H,14,17). The van der Waals surface area contributed by atoms with Gasteiger partial charge >= 0.3 is 0 Å². The highest BCUT2D eigenvalue weighted by molar-refractivity contribution is 7.12. The molecule has 2 heterocycles. The SMILES string of the molecule is CN(C)C1CCN(Cc2ccsc2C(=O)NN)C1. The van der Waals surface area contributed by atoms with Gasteiger partial charge in [0, 0.05) is 25.7 Å². The van der Waals surface area contributed by atoms with Crippen LogP contribution in [-0.2, 0) is 6.54 Å². The number of likely N-dealkylation sites (N-methyl/N-ethyl adjacent to an activating group) is 1. The summed E-state index contributed by atoms with van der Waals surface area (Å²) in [6.45, 7) is 2.98. The van der Waals surface area contributed by atoms with Gasteiger partial charge in [-0.15, -0.1) is 11.3 Å². The normalized spacial score (nSPS) is 20.6. The van der Waals surface area contributed by atoms with Crippen LogP contribution in [0.25, 0.3) is 0 Å². The number of thiophene rings is 1. The van der Waals surface area contributed by atoms with E-state index in [0.29, 0.717) is 6.04 Å². The van der Waals surface area contributed by atoms with Crippen LogP contribution in [0.5, 0.6) is 0 Å². The number of rotatable bonds is 4. The molecular formula is C12H20N4OS. The third-order valence-corrected chi connectivity index (χ3v) is 4.41. The van der Waals surface area contributed by atoms with E-state index in [1.54, 1.807) is 0 Å². The van der Waals surface area contributed by atoms with Crippen LogP contribution in [0.4, 0.5) is 0 Å². The van der Waals surface area contributed by atoms with Crippen molar-refractivity contribution >= 4 is 17.2 Å². The first-order chi connectivity index (χ1) is 8.61. The zero-order valence-corrected chi connectivity index (χ0v) is 11.7. The fourth-order valence-corrected chi connectivity index (χ4v) is 3.16. The van der Waals surface area contributed by atoms with Gasteiger partial charge in [-0.25, -0.2) is 5.84 Å². The quantitative estimate of drug-likeness (QED) is 0.474. The number of amides is 1. The molecule has 6 heteroatoms. The Bertz CT molecular complexity index is 418. The summed E-state index contributed by atoms with van der Waals surface area (Å²) < 4.78 is 0. The van der Waals surface area contributed by atoms with Crippen molar-refractivity contribution in [3.8, 4) is 0 Å². The lowest BCUT2D eigenvalue weighted by Crippen LogP contribution is -2.32. The molecule has 1 aliphatic rings. The van der Waals surface area contributed by atoms with Crippen molar-refractivity contribution in [3.63, 3.8) is 0 Å². The lowest BCUT2D eigenvalue weighted by molar-refractivity contribution is 0.0956. The van der Waals surface area contributed by atoms with Gasteiger partial charge in [0.25, 0.3) is 5.91 Å². The van der Waals surface area contributed by atoms with Crippen LogP contribution in [-0.4, -0.2) is 48.9 Å². The number of likely N-dealkylation sites (tertiary alicyclic amines) is 1. The molecule has 5 nitrogen and oxygen atoms in total. The number of hydrogen-bond donors (Lipinski definition) is 2. The highest BCUT2D eigenvalue weighted by Gasteiger charge is 2.25. The summed E-state index contributed by atoms with van der Waals surface area (Å²) in [5, 5.41) is 1.94. The molecule has 0 saturated carbocycles. The molecule has 1 amide bonds. The smallest absolute Gasteiger partial charge is 0.275 e. The third kappa shape index (κ3) is 2.89. The Hall–Kier alpha value is -0.950. The Morgan fingerprint density at radius 3 is 3.06 bits per heavy atom. The van der Waals surface area contributed by atoms with Gasteiger partial charge in [-0.2, -0.15) is 0 Å². The van der Waals surface area contributed by atoms with E-state index >= 15 is 0 Å². The van der Waals surface area contributed by atoms with Crippen molar-refractivity contribution in [2.24, 2.45) is 5.84 Å². The van der Waals surface area contributed by atoms with Gasteiger partial charge < -0.3 is 4.90 Å². The van der Waals surface area contributed by atoms with Crippen molar-refractivity contribution in [3.05, 3.63) is 21.9 Å². The first-order valence-corrected chi connectivity index (χ1v) is 6.96.